The van der Waals surface area contributed by atoms with Crippen LogP contribution in [0.3, 0.4) is 0 Å². The summed E-state index contributed by atoms with van der Waals surface area (Å²) in [5.74, 6) is 0.340. The van der Waals surface area contributed by atoms with Gasteiger partial charge in [-0.3, -0.25) is 9.59 Å². The molecule has 3 rings (SSSR count). The number of carbonyl (C=O) groups is 3. The highest BCUT2D eigenvalue weighted by atomic mass is 16.6. The van der Waals surface area contributed by atoms with Crippen LogP contribution in [0, 0.1) is 19.8 Å². The number of nitrogens with one attached hydrogen (secondary N) is 1. The molecule has 0 bridgehead atoms. The van der Waals surface area contributed by atoms with E-state index in [0.717, 1.165) is 36.8 Å². The average Bonchev–Trinajstić information content (AvgIpc) is 2.75. The van der Waals surface area contributed by atoms with Gasteiger partial charge in [-0.1, -0.05) is 19.3 Å². The lowest BCUT2D eigenvalue weighted by Gasteiger charge is -2.33. The molecular weight excluding hydrogens is 416 g/mol. The average molecular weight is 457 g/mol. The number of Topliss-reactive ketones (excluding diaryl/α,β-unsaturated/α-hetero) is 1. The zero-order chi connectivity index (χ0) is 24.2. The Kier molecular flexibility index (Phi) is 8.19. The number of rotatable bonds is 5. The van der Waals surface area contributed by atoms with Gasteiger partial charge in [0.05, 0.1) is 0 Å². The Morgan fingerprint density at radius 1 is 0.939 bits per heavy atom. The Morgan fingerprint density at radius 3 is 2.12 bits per heavy atom. The molecule has 1 aromatic rings. The van der Waals surface area contributed by atoms with E-state index in [0.29, 0.717) is 30.6 Å². The van der Waals surface area contributed by atoms with Gasteiger partial charge in [-0.15, -0.1) is 0 Å². The summed E-state index contributed by atoms with van der Waals surface area (Å²) in [5.41, 5.74) is 2.57. The van der Waals surface area contributed by atoms with Gasteiger partial charge in [-0.05, 0) is 89.5 Å². The van der Waals surface area contributed by atoms with Gasteiger partial charge in [-0.25, -0.2) is 4.79 Å². The molecule has 1 saturated carbocycles. The third-order valence-electron chi connectivity index (χ3n) is 6.80. The van der Waals surface area contributed by atoms with Crippen LogP contribution in [-0.4, -0.2) is 47.4 Å². The van der Waals surface area contributed by atoms with Crippen LogP contribution in [0.15, 0.2) is 12.1 Å². The maximum absolute atomic E-state index is 13.1. The lowest BCUT2D eigenvalue weighted by Crippen LogP contribution is -2.42. The maximum Gasteiger partial charge on any atom is 0.410 e. The first-order chi connectivity index (χ1) is 15.5. The van der Waals surface area contributed by atoms with Gasteiger partial charge >= 0.3 is 6.09 Å². The van der Waals surface area contributed by atoms with Crippen LogP contribution in [0.4, 0.5) is 4.79 Å². The molecule has 1 aliphatic heterocycles. The molecule has 33 heavy (non-hydrogen) atoms. The fourth-order valence-corrected chi connectivity index (χ4v) is 4.89. The van der Waals surface area contributed by atoms with E-state index in [9.17, 15) is 14.4 Å². The van der Waals surface area contributed by atoms with Crippen molar-refractivity contribution >= 4 is 17.8 Å². The summed E-state index contributed by atoms with van der Waals surface area (Å²) >= 11 is 0. The fraction of sp³-hybridized carbons (Fsp3) is 0.667. The van der Waals surface area contributed by atoms with E-state index >= 15 is 0 Å². The van der Waals surface area contributed by atoms with Gasteiger partial charge in [0.2, 0.25) is 0 Å². The number of ketones is 1. The predicted octanol–water partition coefficient (Wildman–Crippen LogP) is 5.59. The van der Waals surface area contributed by atoms with E-state index in [1.807, 2.05) is 46.8 Å². The largest absolute Gasteiger partial charge is 0.444 e. The molecule has 1 aliphatic carbocycles. The van der Waals surface area contributed by atoms with Crippen LogP contribution in [0.25, 0.3) is 0 Å². The molecule has 1 saturated heterocycles. The van der Waals surface area contributed by atoms with Crippen LogP contribution in [0.1, 0.15) is 104 Å². The molecule has 2 fully saturated rings. The predicted molar refractivity (Wildman–Crippen MR) is 130 cm³/mol. The van der Waals surface area contributed by atoms with E-state index in [-0.39, 0.29) is 29.7 Å². The van der Waals surface area contributed by atoms with E-state index < -0.39 is 5.60 Å². The number of benzene rings is 1. The Labute approximate surface area is 198 Å². The van der Waals surface area contributed by atoms with Crippen LogP contribution < -0.4 is 5.32 Å². The van der Waals surface area contributed by atoms with Crippen LogP contribution in [-0.2, 0) is 4.74 Å². The number of nitrogens with zero attached hydrogens (tertiary/aromatic N) is 1. The summed E-state index contributed by atoms with van der Waals surface area (Å²) in [6.45, 7) is 10.7. The second kappa shape index (κ2) is 10.7. The van der Waals surface area contributed by atoms with Crippen LogP contribution in [0.2, 0.25) is 0 Å². The summed E-state index contributed by atoms with van der Waals surface area (Å²) in [6, 6.07) is 4.01. The Morgan fingerprint density at radius 2 is 1.52 bits per heavy atom. The summed E-state index contributed by atoms with van der Waals surface area (Å²) in [5, 5.41) is 3.18. The van der Waals surface area contributed by atoms with E-state index in [4.69, 9.17) is 4.74 Å². The van der Waals surface area contributed by atoms with Crippen LogP contribution >= 0.6 is 0 Å². The van der Waals surface area contributed by atoms with Gasteiger partial charge in [0.25, 0.3) is 5.91 Å². The van der Waals surface area contributed by atoms with Gasteiger partial charge in [0.15, 0.2) is 5.78 Å². The minimum atomic E-state index is -0.501. The quantitative estimate of drug-likeness (QED) is 0.586. The first-order valence-electron chi connectivity index (χ1n) is 12.5. The molecule has 182 valence electrons. The second-order valence-corrected chi connectivity index (χ2v) is 10.8. The molecular formula is C27H40N2O4. The first kappa shape index (κ1) is 25.3. The minimum Gasteiger partial charge on any atom is -0.444 e. The first-order valence-corrected chi connectivity index (χ1v) is 12.5. The lowest BCUT2D eigenvalue weighted by atomic mass is 9.87. The smallest absolute Gasteiger partial charge is 0.410 e. The minimum absolute atomic E-state index is 0.0315. The zero-order valence-electron chi connectivity index (χ0n) is 21.0. The molecule has 0 aromatic heterocycles. The van der Waals surface area contributed by atoms with Gasteiger partial charge in [-0.2, -0.15) is 0 Å². The highest BCUT2D eigenvalue weighted by Crippen LogP contribution is 2.26. The van der Waals surface area contributed by atoms with Crippen molar-refractivity contribution in [2.24, 2.45) is 5.92 Å². The molecule has 6 nitrogen and oxygen atoms in total. The topological polar surface area (TPSA) is 75.7 Å². The third-order valence-corrected chi connectivity index (χ3v) is 6.80. The molecule has 0 unspecified atom stereocenters. The van der Waals surface area contributed by atoms with E-state index in [1.54, 1.807) is 4.90 Å². The number of carbonyl (C=O) groups excluding carboxylic acids is 3. The Bertz CT molecular complexity index is 873. The molecule has 0 atom stereocenters. The zero-order valence-corrected chi connectivity index (χ0v) is 21.0. The summed E-state index contributed by atoms with van der Waals surface area (Å²) in [6.07, 6.45) is 7.48. The van der Waals surface area contributed by atoms with E-state index in [1.165, 1.54) is 19.3 Å². The monoisotopic (exact) mass is 456 g/mol. The molecule has 2 amide bonds. The SMILES string of the molecule is Cc1cc(C(=O)NC2CCCCC2)c(C)cc1C(=O)CC1CCN(C(=O)OC(C)(C)C)CC1. The number of aryl methyl sites for hydroxylation is 2. The number of amides is 2. The second-order valence-electron chi connectivity index (χ2n) is 10.8. The van der Waals surface area contributed by atoms with Gasteiger partial charge in [0.1, 0.15) is 5.60 Å². The number of ether oxygens (including phenoxy) is 1. The molecule has 0 radical (unpaired) electrons. The number of hydrogen-bond donors (Lipinski definition) is 1. The van der Waals surface area contributed by atoms with Crippen molar-refractivity contribution < 1.29 is 19.1 Å². The molecule has 6 heteroatoms. The van der Waals surface area contributed by atoms with Crippen molar-refractivity contribution in [2.45, 2.75) is 97.6 Å². The van der Waals surface area contributed by atoms with Crippen molar-refractivity contribution in [3.05, 3.63) is 34.4 Å². The molecule has 2 aliphatic rings. The van der Waals surface area contributed by atoms with Crippen molar-refractivity contribution in [3.63, 3.8) is 0 Å². The standard InChI is InChI=1S/C27H40N2O4/c1-18-16-23(25(31)28-21-9-7-6-8-10-21)19(2)15-22(18)24(30)17-20-11-13-29(14-12-20)26(32)33-27(3,4)5/h15-16,20-21H,6-14,17H2,1-5H3,(H,28,31). The normalized spacial score (nSPS) is 18.2. The summed E-state index contributed by atoms with van der Waals surface area (Å²) in [4.78, 5) is 39.9. The highest BCUT2D eigenvalue weighted by molar-refractivity contribution is 6.01. The maximum atomic E-state index is 13.1. The Hall–Kier alpha value is -2.37. The lowest BCUT2D eigenvalue weighted by molar-refractivity contribution is 0.0183. The number of piperidine rings is 1. The third kappa shape index (κ3) is 7.05. The van der Waals surface area contributed by atoms with E-state index in [2.05, 4.69) is 5.32 Å². The molecule has 1 aromatic carbocycles. The molecule has 1 N–H and O–H groups in total. The summed E-state index contributed by atoms with van der Waals surface area (Å²) in [7, 11) is 0. The highest BCUT2D eigenvalue weighted by Gasteiger charge is 2.28. The van der Waals surface area contributed by atoms with Crippen molar-refractivity contribution in [2.75, 3.05) is 13.1 Å². The van der Waals surface area contributed by atoms with Gasteiger partial charge < -0.3 is 15.0 Å². The number of hydrogen-bond acceptors (Lipinski definition) is 4. The molecule has 0 spiro atoms. The van der Waals surface area contributed by atoms with Crippen molar-refractivity contribution in [1.29, 1.82) is 0 Å². The fourth-order valence-electron chi connectivity index (χ4n) is 4.89. The van der Waals surface area contributed by atoms with Crippen molar-refractivity contribution in [1.82, 2.24) is 10.2 Å². The van der Waals surface area contributed by atoms with Crippen molar-refractivity contribution in [3.8, 4) is 0 Å². The number of likely N-dealkylation sites (tertiary alicyclic amines) is 1. The van der Waals surface area contributed by atoms with Crippen LogP contribution in [0.5, 0.6) is 0 Å². The Balaban J connectivity index is 1.56. The van der Waals surface area contributed by atoms with Gasteiger partial charge in [0, 0.05) is 36.7 Å². The summed E-state index contributed by atoms with van der Waals surface area (Å²) < 4.78 is 5.46. The molecule has 1 heterocycles.